The SMILES string of the molecule is NC(=O)c1cc2ccccc2n1Cc1ccc(Cl)cc1Cl. The van der Waals surface area contributed by atoms with Crippen LogP contribution in [0, 0.1) is 0 Å². The fraction of sp³-hybridized carbons (Fsp3) is 0.0625. The summed E-state index contributed by atoms with van der Waals surface area (Å²) in [6, 6.07) is 14.9. The molecule has 3 aromatic rings. The number of amides is 1. The van der Waals surface area contributed by atoms with E-state index in [1.54, 1.807) is 18.2 Å². The van der Waals surface area contributed by atoms with Gasteiger partial charge in [-0.15, -0.1) is 0 Å². The summed E-state index contributed by atoms with van der Waals surface area (Å²) < 4.78 is 1.87. The highest BCUT2D eigenvalue weighted by molar-refractivity contribution is 6.35. The first kappa shape index (κ1) is 14.0. The number of nitrogens with two attached hydrogens (primary N) is 1. The van der Waals surface area contributed by atoms with Crippen molar-refractivity contribution in [3.8, 4) is 0 Å². The average molecular weight is 319 g/mol. The highest BCUT2D eigenvalue weighted by Gasteiger charge is 2.14. The van der Waals surface area contributed by atoms with Crippen LogP contribution >= 0.6 is 23.2 Å². The van der Waals surface area contributed by atoms with E-state index in [-0.39, 0.29) is 0 Å². The number of aromatic nitrogens is 1. The van der Waals surface area contributed by atoms with Crippen LogP contribution in [-0.2, 0) is 6.54 Å². The number of para-hydroxylation sites is 1. The van der Waals surface area contributed by atoms with Gasteiger partial charge in [0.15, 0.2) is 0 Å². The van der Waals surface area contributed by atoms with Gasteiger partial charge in [0.2, 0.25) is 0 Å². The third-order valence-corrected chi connectivity index (χ3v) is 3.99. The Morgan fingerprint density at radius 3 is 2.57 bits per heavy atom. The second-order valence-corrected chi connectivity index (χ2v) is 5.62. The number of hydrogen-bond donors (Lipinski definition) is 1. The molecular formula is C16H12Cl2N2O. The summed E-state index contributed by atoms with van der Waals surface area (Å²) in [6.45, 7) is 0.460. The summed E-state index contributed by atoms with van der Waals surface area (Å²) in [4.78, 5) is 11.7. The number of carbonyl (C=O) groups excluding carboxylic acids is 1. The lowest BCUT2D eigenvalue weighted by Crippen LogP contribution is -2.17. The molecule has 0 unspecified atom stereocenters. The van der Waals surface area contributed by atoms with Crippen molar-refractivity contribution in [1.82, 2.24) is 4.57 Å². The van der Waals surface area contributed by atoms with Crippen LogP contribution in [0.4, 0.5) is 0 Å². The molecule has 0 bridgehead atoms. The molecule has 0 aliphatic heterocycles. The maximum absolute atomic E-state index is 11.7. The van der Waals surface area contributed by atoms with Crippen LogP contribution in [0.15, 0.2) is 48.5 Å². The third-order valence-electron chi connectivity index (χ3n) is 3.41. The van der Waals surface area contributed by atoms with Gasteiger partial charge < -0.3 is 10.3 Å². The molecule has 21 heavy (non-hydrogen) atoms. The number of fused-ring (bicyclic) bond motifs is 1. The van der Waals surface area contributed by atoms with E-state index in [0.29, 0.717) is 22.3 Å². The third kappa shape index (κ3) is 2.62. The maximum Gasteiger partial charge on any atom is 0.265 e. The Balaban J connectivity index is 2.14. The zero-order chi connectivity index (χ0) is 15.0. The van der Waals surface area contributed by atoms with Crippen LogP contribution in [0.5, 0.6) is 0 Å². The molecule has 0 aliphatic rings. The zero-order valence-corrected chi connectivity index (χ0v) is 12.5. The largest absolute Gasteiger partial charge is 0.364 e. The van der Waals surface area contributed by atoms with E-state index in [2.05, 4.69) is 0 Å². The highest BCUT2D eigenvalue weighted by Crippen LogP contribution is 2.25. The van der Waals surface area contributed by atoms with Crippen molar-refractivity contribution in [2.24, 2.45) is 5.73 Å². The van der Waals surface area contributed by atoms with E-state index < -0.39 is 5.91 Å². The summed E-state index contributed by atoms with van der Waals surface area (Å²) >= 11 is 12.1. The molecule has 106 valence electrons. The van der Waals surface area contributed by atoms with E-state index in [1.165, 1.54) is 0 Å². The minimum atomic E-state index is -0.462. The topological polar surface area (TPSA) is 48.0 Å². The summed E-state index contributed by atoms with van der Waals surface area (Å²) in [7, 11) is 0. The second kappa shape index (κ2) is 5.43. The van der Waals surface area contributed by atoms with Crippen LogP contribution < -0.4 is 5.73 Å². The molecule has 0 saturated heterocycles. The first-order valence-electron chi connectivity index (χ1n) is 6.38. The number of hydrogen-bond acceptors (Lipinski definition) is 1. The molecule has 0 spiro atoms. The monoisotopic (exact) mass is 318 g/mol. The molecule has 1 aromatic heterocycles. The minimum Gasteiger partial charge on any atom is -0.364 e. The molecule has 1 amide bonds. The van der Waals surface area contributed by atoms with Crippen molar-refractivity contribution in [1.29, 1.82) is 0 Å². The Kier molecular flexibility index (Phi) is 3.62. The van der Waals surface area contributed by atoms with Crippen molar-refractivity contribution in [2.75, 3.05) is 0 Å². The number of halogens is 2. The smallest absolute Gasteiger partial charge is 0.265 e. The van der Waals surface area contributed by atoms with Gasteiger partial charge in [-0.1, -0.05) is 47.5 Å². The number of rotatable bonds is 3. The molecule has 3 nitrogen and oxygen atoms in total. The van der Waals surface area contributed by atoms with Crippen LogP contribution in [-0.4, -0.2) is 10.5 Å². The Morgan fingerprint density at radius 1 is 1.10 bits per heavy atom. The lowest BCUT2D eigenvalue weighted by atomic mass is 10.2. The minimum absolute atomic E-state index is 0.460. The molecule has 2 N–H and O–H groups in total. The van der Waals surface area contributed by atoms with E-state index >= 15 is 0 Å². The number of benzene rings is 2. The Bertz CT molecular complexity index is 839. The molecule has 2 aromatic carbocycles. The molecule has 0 aliphatic carbocycles. The maximum atomic E-state index is 11.7. The fourth-order valence-electron chi connectivity index (χ4n) is 2.41. The highest BCUT2D eigenvalue weighted by atomic mass is 35.5. The van der Waals surface area contributed by atoms with Crippen LogP contribution in [0.2, 0.25) is 10.0 Å². The van der Waals surface area contributed by atoms with Gasteiger partial charge in [0.25, 0.3) is 5.91 Å². The quantitative estimate of drug-likeness (QED) is 0.776. The Morgan fingerprint density at radius 2 is 1.86 bits per heavy atom. The fourth-order valence-corrected chi connectivity index (χ4v) is 2.87. The summed E-state index contributed by atoms with van der Waals surface area (Å²) in [6.07, 6.45) is 0. The molecule has 5 heteroatoms. The van der Waals surface area contributed by atoms with Gasteiger partial charge in [-0.25, -0.2) is 0 Å². The lowest BCUT2D eigenvalue weighted by molar-refractivity contribution is 0.0992. The average Bonchev–Trinajstić information content (AvgIpc) is 2.81. The molecule has 0 radical (unpaired) electrons. The van der Waals surface area contributed by atoms with Crippen molar-refractivity contribution in [3.63, 3.8) is 0 Å². The van der Waals surface area contributed by atoms with E-state index in [1.807, 2.05) is 34.9 Å². The van der Waals surface area contributed by atoms with Crippen molar-refractivity contribution < 1.29 is 4.79 Å². The zero-order valence-electron chi connectivity index (χ0n) is 11.0. The lowest BCUT2D eigenvalue weighted by Gasteiger charge is -2.10. The Hall–Kier alpha value is -1.97. The van der Waals surface area contributed by atoms with Crippen LogP contribution in [0.25, 0.3) is 10.9 Å². The number of carbonyl (C=O) groups is 1. The normalized spacial score (nSPS) is 11.0. The number of primary amides is 1. The van der Waals surface area contributed by atoms with E-state index in [0.717, 1.165) is 16.5 Å². The van der Waals surface area contributed by atoms with Gasteiger partial charge >= 0.3 is 0 Å². The first-order chi connectivity index (χ1) is 10.1. The van der Waals surface area contributed by atoms with E-state index in [4.69, 9.17) is 28.9 Å². The molecule has 3 rings (SSSR count). The molecule has 0 fully saturated rings. The molecule has 0 atom stereocenters. The number of nitrogens with zero attached hydrogens (tertiary/aromatic N) is 1. The van der Waals surface area contributed by atoms with E-state index in [9.17, 15) is 4.79 Å². The molecule has 0 saturated carbocycles. The standard InChI is InChI=1S/C16H12Cl2N2O/c17-12-6-5-11(13(18)8-12)9-20-14-4-2-1-3-10(14)7-15(20)16(19)21/h1-8H,9H2,(H2,19,21). The van der Waals surface area contributed by atoms with Gasteiger partial charge in [-0.05, 0) is 29.8 Å². The van der Waals surface area contributed by atoms with Gasteiger partial charge in [0.05, 0.1) is 0 Å². The van der Waals surface area contributed by atoms with Crippen molar-refractivity contribution in [3.05, 3.63) is 69.8 Å². The molecule has 1 heterocycles. The van der Waals surface area contributed by atoms with Crippen molar-refractivity contribution in [2.45, 2.75) is 6.54 Å². The second-order valence-electron chi connectivity index (χ2n) is 4.77. The summed E-state index contributed by atoms with van der Waals surface area (Å²) in [5.74, 6) is -0.462. The van der Waals surface area contributed by atoms with Gasteiger partial charge in [-0.3, -0.25) is 4.79 Å². The van der Waals surface area contributed by atoms with Crippen molar-refractivity contribution >= 4 is 40.0 Å². The summed E-state index contributed by atoms with van der Waals surface area (Å²) in [5, 5.41) is 2.11. The van der Waals surface area contributed by atoms with Gasteiger partial charge in [0, 0.05) is 27.5 Å². The van der Waals surface area contributed by atoms with Gasteiger partial charge in [-0.2, -0.15) is 0 Å². The predicted octanol–water partition coefficient (Wildman–Crippen LogP) is 4.10. The van der Waals surface area contributed by atoms with Gasteiger partial charge in [0.1, 0.15) is 5.69 Å². The Labute approximate surface area is 131 Å². The van der Waals surface area contributed by atoms with Crippen LogP contribution in [0.3, 0.4) is 0 Å². The molecular weight excluding hydrogens is 307 g/mol. The summed E-state index contributed by atoms with van der Waals surface area (Å²) in [5.41, 5.74) is 7.76. The van der Waals surface area contributed by atoms with Crippen LogP contribution in [0.1, 0.15) is 16.1 Å². The predicted molar refractivity (Wildman–Crippen MR) is 86.0 cm³/mol. The first-order valence-corrected chi connectivity index (χ1v) is 7.14.